The summed E-state index contributed by atoms with van der Waals surface area (Å²) in [5.74, 6) is -1.07. The van der Waals surface area contributed by atoms with Crippen LogP contribution in [-0.2, 0) is 6.54 Å². The molecule has 0 spiro atoms. The molecule has 1 amide bonds. The fourth-order valence-corrected chi connectivity index (χ4v) is 4.10. The number of aryl methyl sites for hydroxylation is 2. The predicted octanol–water partition coefficient (Wildman–Crippen LogP) is 4.84. The van der Waals surface area contributed by atoms with E-state index in [2.05, 4.69) is 10.3 Å². The highest BCUT2D eigenvalue weighted by atomic mass is 32.1. The Labute approximate surface area is 170 Å². The van der Waals surface area contributed by atoms with Crippen LogP contribution in [0.15, 0.2) is 59.5 Å². The lowest BCUT2D eigenvalue weighted by Gasteiger charge is -2.11. The molecule has 0 atom stereocenters. The molecule has 7 heteroatoms. The van der Waals surface area contributed by atoms with Crippen LogP contribution in [0.5, 0.6) is 0 Å². The first-order valence-electron chi connectivity index (χ1n) is 9.15. The Hall–Kier alpha value is -3.32. The maximum absolute atomic E-state index is 13.7. The molecule has 0 unspecified atom stereocenters. The lowest BCUT2D eigenvalue weighted by atomic mass is 10.1. The van der Waals surface area contributed by atoms with E-state index in [4.69, 9.17) is 0 Å². The fourth-order valence-electron chi connectivity index (χ4n) is 3.27. The molecule has 0 saturated carbocycles. The maximum atomic E-state index is 13.7. The molecule has 4 rings (SSSR count). The molecule has 0 aliphatic carbocycles. The highest BCUT2D eigenvalue weighted by molar-refractivity contribution is 7.16. The van der Waals surface area contributed by atoms with Crippen LogP contribution >= 0.6 is 11.3 Å². The third kappa shape index (κ3) is 3.56. The number of carbonyl (C=O) groups excluding carboxylic acids is 1. The third-order valence-corrected chi connectivity index (χ3v) is 5.58. The number of nitrogens with zero attached hydrogens (tertiary/aromatic N) is 2. The number of benzene rings is 2. The van der Waals surface area contributed by atoms with Crippen LogP contribution in [0.2, 0.25) is 0 Å². The molecular formula is C22H18FN3O2S. The monoisotopic (exact) mass is 407 g/mol. The van der Waals surface area contributed by atoms with Gasteiger partial charge in [-0.3, -0.25) is 14.9 Å². The van der Waals surface area contributed by atoms with Gasteiger partial charge in [-0.1, -0.05) is 30.3 Å². The van der Waals surface area contributed by atoms with Crippen molar-refractivity contribution >= 4 is 33.3 Å². The molecule has 29 heavy (non-hydrogen) atoms. The Kier molecular flexibility index (Phi) is 4.98. The van der Waals surface area contributed by atoms with Gasteiger partial charge in [-0.05, 0) is 32.0 Å². The minimum Gasteiger partial charge on any atom is -0.347 e. The average molecular weight is 407 g/mol. The SMILES string of the molecule is CCn1cc(C(=O)Nc2nc(-c3ccccc3)c(C)s2)c(=O)c2cc(F)ccc21. The van der Waals surface area contributed by atoms with Gasteiger partial charge < -0.3 is 4.57 Å². The minimum atomic E-state index is -0.559. The Balaban J connectivity index is 1.72. The van der Waals surface area contributed by atoms with Crippen molar-refractivity contribution in [2.24, 2.45) is 0 Å². The lowest BCUT2D eigenvalue weighted by molar-refractivity contribution is 0.102. The van der Waals surface area contributed by atoms with E-state index in [0.717, 1.165) is 16.1 Å². The number of hydrogen-bond acceptors (Lipinski definition) is 4. The van der Waals surface area contributed by atoms with E-state index in [-0.39, 0.29) is 10.9 Å². The van der Waals surface area contributed by atoms with Gasteiger partial charge in [0.25, 0.3) is 5.91 Å². The van der Waals surface area contributed by atoms with E-state index >= 15 is 0 Å². The quantitative estimate of drug-likeness (QED) is 0.526. The first-order valence-corrected chi connectivity index (χ1v) is 9.96. The third-order valence-electron chi connectivity index (χ3n) is 4.69. The highest BCUT2D eigenvalue weighted by Crippen LogP contribution is 2.30. The summed E-state index contributed by atoms with van der Waals surface area (Å²) in [4.78, 5) is 31.1. The van der Waals surface area contributed by atoms with Gasteiger partial charge in [0.15, 0.2) is 5.13 Å². The molecule has 0 aliphatic heterocycles. The van der Waals surface area contributed by atoms with Crippen molar-refractivity contribution in [1.82, 2.24) is 9.55 Å². The van der Waals surface area contributed by atoms with Crippen LogP contribution in [-0.4, -0.2) is 15.5 Å². The number of rotatable bonds is 4. The number of amides is 1. The molecule has 2 heterocycles. The summed E-state index contributed by atoms with van der Waals surface area (Å²) in [5, 5.41) is 3.31. The van der Waals surface area contributed by atoms with Crippen molar-refractivity contribution in [2.75, 3.05) is 5.32 Å². The number of carbonyl (C=O) groups is 1. The first-order chi connectivity index (χ1) is 14.0. The summed E-state index contributed by atoms with van der Waals surface area (Å²) < 4.78 is 15.4. The van der Waals surface area contributed by atoms with Crippen LogP contribution in [0.25, 0.3) is 22.2 Å². The molecule has 0 fully saturated rings. The first kappa shape index (κ1) is 19.0. The number of thiazole rings is 1. The second kappa shape index (κ2) is 7.60. The van der Waals surface area contributed by atoms with E-state index in [1.165, 1.54) is 29.7 Å². The van der Waals surface area contributed by atoms with Crippen molar-refractivity contribution in [2.45, 2.75) is 20.4 Å². The number of aromatic nitrogens is 2. The molecule has 0 aliphatic rings. The van der Waals surface area contributed by atoms with Gasteiger partial charge in [-0.25, -0.2) is 9.37 Å². The summed E-state index contributed by atoms with van der Waals surface area (Å²) in [6.45, 7) is 4.36. The van der Waals surface area contributed by atoms with E-state index in [0.29, 0.717) is 17.2 Å². The molecule has 0 radical (unpaired) electrons. The van der Waals surface area contributed by atoms with Gasteiger partial charge in [0, 0.05) is 28.6 Å². The lowest BCUT2D eigenvalue weighted by Crippen LogP contribution is -2.24. The zero-order chi connectivity index (χ0) is 20.5. The summed E-state index contributed by atoms with van der Waals surface area (Å²) >= 11 is 1.34. The Morgan fingerprint density at radius 1 is 1.21 bits per heavy atom. The molecule has 0 bridgehead atoms. The van der Waals surface area contributed by atoms with Crippen LogP contribution in [0.4, 0.5) is 9.52 Å². The van der Waals surface area contributed by atoms with E-state index in [1.54, 1.807) is 10.6 Å². The number of hydrogen-bond donors (Lipinski definition) is 1. The average Bonchev–Trinajstić information content (AvgIpc) is 3.09. The number of pyridine rings is 1. The Morgan fingerprint density at radius 3 is 2.69 bits per heavy atom. The van der Waals surface area contributed by atoms with Crippen LogP contribution in [0, 0.1) is 12.7 Å². The van der Waals surface area contributed by atoms with Gasteiger partial charge in [-0.15, -0.1) is 11.3 Å². The Bertz CT molecular complexity index is 1280. The molecule has 1 N–H and O–H groups in total. The largest absolute Gasteiger partial charge is 0.347 e. The topological polar surface area (TPSA) is 64.0 Å². The number of halogens is 1. The fraction of sp³-hybridized carbons (Fsp3) is 0.136. The van der Waals surface area contributed by atoms with E-state index in [1.807, 2.05) is 44.2 Å². The second-order valence-corrected chi connectivity index (χ2v) is 7.77. The van der Waals surface area contributed by atoms with Crippen molar-refractivity contribution in [3.8, 4) is 11.3 Å². The normalized spacial score (nSPS) is 11.0. The minimum absolute atomic E-state index is 0.0425. The van der Waals surface area contributed by atoms with Crippen molar-refractivity contribution in [3.05, 3.63) is 81.2 Å². The van der Waals surface area contributed by atoms with Crippen LogP contribution in [0.3, 0.4) is 0 Å². The molecular weight excluding hydrogens is 389 g/mol. The number of fused-ring (bicyclic) bond motifs is 1. The van der Waals surface area contributed by atoms with Gasteiger partial charge in [0.1, 0.15) is 11.4 Å². The van der Waals surface area contributed by atoms with Crippen molar-refractivity contribution in [3.63, 3.8) is 0 Å². The summed E-state index contributed by atoms with van der Waals surface area (Å²) in [7, 11) is 0. The number of anilines is 1. The standard InChI is InChI=1S/C22H18FN3O2S/c1-3-26-12-17(20(27)16-11-15(23)9-10-18(16)26)21(28)25-22-24-19(13(2)29-22)14-7-5-4-6-8-14/h4-12H,3H2,1-2H3,(H,24,25,28). The van der Waals surface area contributed by atoms with Gasteiger partial charge in [-0.2, -0.15) is 0 Å². The van der Waals surface area contributed by atoms with Crippen LogP contribution in [0.1, 0.15) is 22.2 Å². The predicted molar refractivity (Wildman–Crippen MR) is 114 cm³/mol. The van der Waals surface area contributed by atoms with Crippen molar-refractivity contribution < 1.29 is 9.18 Å². The van der Waals surface area contributed by atoms with Crippen LogP contribution < -0.4 is 10.7 Å². The van der Waals surface area contributed by atoms with Gasteiger partial charge >= 0.3 is 0 Å². The molecule has 5 nitrogen and oxygen atoms in total. The zero-order valence-corrected chi connectivity index (χ0v) is 16.7. The van der Waals surface area contributed by atoms with E-state index < -0.39 is 17.2 Å². The molecule has 0 saturated heterocycles. The van der Waals surface area contributed by atoms with Crippen molar-refractivity contribution in [1.29, 1.82) is 0 Å². The molecule has 2 aromatic heterocycles. The number of nitrogens with one attached hydrogen (secondary N) is 1. The molecule has 146 valence electrons. The summed E-state index contributed by atoms with van der Waals surface area (Å²) in [6.07, 6.45) is 1.51. The van der Waals surface area contributed by atoms with E-state index in [9.17, 15) is 14.0 Å². The summed E-state index contributed by atoms with van der Waals surface area (Å²) in [6, 6.07) is 13.7. The Morgan fingerprint density at radius 2 is 1.97 bits per heavy atom. The second-order valence-electron chi connectivity index (χ2n) is 6.56. The molecule has 4 aromatic rings. The van der Waals surface area contributed by atoms with Gasteiger partial charge in [0.05, 0.1) is 11.2 Å². The smallest absolute Gasteiger partial charge is 0.262 e. The zero-order valence-electron chi connectivity index (χ0n) is 15.9. The maximum Gasteiger partial charge on any atom is 0.262 e. The van der Waals surface area contributed by atoms with Gasteiger partial charge in [0.2, 0.25) is 5.43 Å². The summed E-state index contributed by atoms with van der Waals surface area (Å²) in [5.41, 5.74) is 1.79. The molecule has 2 aromatic carbocycles. The highest BCUT2D eigenvalue weighted by Gasteiger charge is 2.18.